The number of ether oxygens (including phenoxy) is 1. The van der Waals surface area contributed by atoms with Crippen LogP contribution in [-0.2, 0) is 16.0 Å². The normalized spacial score (nSPS) is 10.7. The van der Waals surface area contributed by atoms with Crippen molar-refractivity contribution < 1.29 is 9.53 Å². The second kappa shape index (κ2) is 14.3. The lowest BCUT2D eigenvalue weighted by Crippen LogP contribution is -2.38. The Morgan fingerprint density at radius 2 is 1.92 bits per heavy atom. The van der Waals surface area contributed by atoms with Crippen molar-refractivity contribution in [2.24, 2.45) is 4.99 Å². The molecule has 1 rings (SSSR count). The van der Waals surface area contributed by atoms with Crippen LogP contribution in [-0.4, -0.2) is 38.2 Å². The average Bonchev–Trinajstić information content (AvgIpc) is 2.53. The molecule has 0 aliphatic heterocycles. The number of benzene rings is 1. The summed E-state index contributed by atoms with van der Waals surface area (Å²) >= 11 is 5.87. The molecule has 7 heteroatoms. The number of nitrogens with zero attached hydrogens (tertiary/aromatic N) is 1. The first-order chi connectivity index (χ1) is 11.2. The fourth-order valence-electron chi connectivity index (χ4n) is 1.97. The van der Waals surface area contributed by atoms with Gasteiger partial charge in [-0.25, -0.2) is 0 Å². The molecule has 5 nitrogen and oxygen atoms in total. The van der Waals surface area contributed by atoms with Crippen LogP contribution < -0.4 is 10.6 Å². The SMILES string of the molecule is CCNC(=NCCCC(=O)OCC)NCCc1ccc(Cl)cc1.I. The van der Waals surface area contributed by atoms with E-state index < -0.39 is 0 Å². The van der Waals surface area contributed by atoms with Gasteiger partial charge >= 0.3 is 5.97 Å². The number of esters is 1. The van der Waals surface area contributed by atoms with Crippen LogP contribution in [0.1, 0.15) is 32.3 Å². The van der Waals surface area contributed by atoms with Crippen molar-refractivity contribution in [1.29, 1.82) is 0 Å². The molecule has 1 aromatic carbocycles. The number of hydrogen-bond donors (Lipinski definition) is 2. The van der Waals surface area contributed by atoms with Crippen molar-refractivity contribution in [1.82, 2.24) is 10.6 Å². The zero-order valence-corrected chi connectivity index (χ0v) is 17.4. The molecular formula is C17H27ClIN3O2. The summed E-state index contributed by atoms with van der Waals surface area (Å²) in [5.41, 5.74) is 1.22. The van der Waals surface area contributed by atoms with Gasteiger partial charge in [-0.15, -0.1) is 24.0 Å². The van der Waals surface area contributed by atoms with E-state index in [9.17, 15) is 4.79 Å². The third kappa shape index (κ3) is 10.7. The number of guanidine groups is 1. The van der Waals surface area contributed by atoms with Crippen molar-refractivity contribution in [3.8, 4) is 0 Å². The summed E-state index contributed by atoms with van der Waals surface area (Å²) in [6.07, 6.45) is 1.98. The highest BCUT2D eigenvalue weighted by Crippen LogP contribution is 2.09. The summed E-state index contributed by atoms with van der Waals surface area (Å²) in [4.78, 5) is 15.7. The Labute approximate surface area is 166 Å². The summed E-state index contributed by atoms with van der Waals surface area (Å²) in [5, 5.41) is 7.23. The monoisotopic (exact) mass is 467 g/mol. The van der Waals surface area contributed by atoms with Crippen LogP contribution in [0, 0.1) is 0 Å². The molecule has 0 atom stereocenters. The Morgan fingerprint density at radius 3 is 2.54 bits per heavy atom. The second-order valence-electron chi connectivity index (χ2n) is 4.97. The molecule has 0 bridgehead atoms. The van der Waals surface area contributed by atoms with Crippen LogP contribution in [0.15, 0.2) is 29.3 Å². The van der Waals surface area contributed by atoms with Gasteiger partial charge in [0.05, 0.1) is 6.61 Å². The molecule has 0 saturated carbocycles. The third-order valence-electron chi connectivity index (χ3n) is 3.08. The van der Waals surface area contributed by atoms with Crippen molar-refractivity contribution in [2.75, 3.05) is 26.2 Å². The minimum Gasteiger partial charge on any atom is -0.466 e. The van der Waals surface area contributed by atoms with Crippen molar-refractivity contribution in [3.63, 3.8) is 0 Å². The van der Waals surface area contributed by atoms with Crippen LogP contribution in [0.2, 0.25) is 5.02 Å². The van der Waals surface area contributed by atoms with E-state index in [1.807, 2.05) is 38.1 Å². The smallest absolute Gasteiger partial charge is 0.305 e. The van der Waals surface area contributed by atoms with Gasteiger partial charge in [-0.05, 0) is 44.4 Å². The van der Waals surface area contributed by atoms with E-state index in [0.717, 1.165) is 30.5 Å². The zero-order chi connectivity index (χ0) is 16.9. The summed E-state index contributed by atoms with van der Waals surface area (Å²) < 4.78 is 4.89. The molecule has 136 valence electrons. The van der Waals surface area contributed by atoms with E-state index in [4.69, 9.17) is 16.3 Å². The first kappa shape index (κ1) is 23.0. The molecule has 0 radical (unpaired) electrons. The first-order valence-corrected chi connectivity index (χ1v) is 8.45. The molecular weight excluding hydrogens is 441 g/mol. The lowest BCUT2D eigenvalue weighted by molar-refractivity contribution is -0.143. The third-order valence-corrected chi connectivity index (χ3v) is 3.33. The average molecular weight is 468 g/mol. The highest BCUT2D eigenvalue weighted by Gasteiger charge is 2.01. The van der Waals surface area contributed by atoms with E-state index in [-0.39, 0.29) is 29.9 Å². The van der Waals surface area contributed by atoms with Crippen molar-refractivity contribution >= 4 is 47.5 Å². The van der Waals surface area contributed by atoms with E-state index >= 15 is 0 Å². The quantitative estimate of drug-likeness (QED) is 0.192. The predicted molar refractivity (Wildman–Crippen MR) is 110 cm³/mol. The van der Waals surface area contributed by atoms with Crippen molar-refractivity contribution in [3.05, 3.63) is 34.9 Å². The number of rotatable bonds is 9. The lowest BCUT2D eigenvalue weighted by Gasteiger charge is -2.11. The second-order valence-corrected chi connectivity index (χ2v) is 5.41. The number of nitrogens with one attached hydrogen (secondary N) is 2. The molecule has 0 aromatic heterocycles. The molecule has 24 heavy (non-hydrogen) atoms. The minimum absolute atomic E-state index is 0. The Balaban J connectivity index is 0.00000529. The van der Waals surface area contributed by atoms with E-state index in [2.05, 4.69) is 15.6 Å². The van der Waals surface area contributed by atoms with Gasteiger partial charge in [0.15, 0.2) is 5.96 Å². The van der Waals surface area contributed by atoms with Gasteiger partial charge in [-0.1, -0.05) is 23.7 Å². The van der Waals surface area contributed by atoms with Crippen LogP contribution in [0.3, 0.4) is 0 Å². The molecule has 0 amide bonds. The van der Waals surface area contributed by atoms with Crippen LogP contribution in [0.25, 0.3) is 0 Å². The van der Waals surface area contributed by atoms with Crippen LogP contribution >= 0.6 is 35.6 Å². The predicted octanol–water partition coefficient (Wildman–Crippen LogP) is 3.40. The topological polar surface area (TPSA) is 62.7 Å². The first-order valence-electron chi connectivity index (χ1n) is 8.08. The van der Waals surface area contributed by atoms with Gasteiger partial charge < -0.3 is 15.4 Å². The molecule has 1 aromatic rings. The van der Waals surface area contributed by atoms with Crippen LogP contribution in [0.5, 0.6) is 0 Å². The number of carbonyl (C=O) groups is 1. The molecule has 0 saturated heterocycles. The maximum atomic E-state index is 11.3. The van der Waals surface area contributed by atoms with Gasteiger partial charge in [0.1, 0.15) is 0 Å². The molecule has 0 aliphatic rings. The standard InChI is InChI=1S/C17H26ClN3O2.HI/c1-3-19-17(20-12-5-6-16(22)23-4-2)21-13-11-14-7-9-15(18)10-8-14;/h7-10H,3-6,11-13H2,1-2H3,(H2,19,20,21);1H. The summed E-state index contributed by atoms with van der Waals surface area (Å²) in [5.74, 6) is 0.605. The van der Waals surface area contributed by atoms with Gasteiger partial charge in [0, 0.05) is 31.1 Å². The summed E-state index contributed by atoms with van der Waals surface area (Å²) in [6.45, 7) is 6.43. The Bertz CT molecular complexity index is 495. The Hall–Kier alpha value is -1.02. The van der Waals surface area contributed by atoms with Gasteiger partial charge in [-0.2, -0.15) is 0 Å². The van der Waals surface area contributed by atoms with Crippen molar-refractivity contribution in [2.45, 2.75) is 33.1 Å². The van der Waals surface area contributed by atoms with E-state index in [0.29, 0.717) is 26.0 Å². The fourth-order valence-corrected chi connectivity index (χ4v) is 2.09. The highest BCUT2D eigenvalue weighted by molar-refractivity contribution is 14.0. The van der Waals surface area contributed by atoms with E-state index in [1.54, 1.807) is 0 Å². The fraction of sp³-hybridized carbons (Fsp3) is 0.529. The zero-order valence-electron chi connectivity index (χ0n) is 14.3. The molecule has 0 fully saturated rings. The summed E-state index contributed by atoms with van der Waals surface area (Å²) in [6, 6.07) is 7.83. The number of carbonyl (C=O) groups excluding carboxylic acids is 1. The largest absolute Gasteiger partial charge is 0.466 e. The summed E-state index contributed by atoms with van der Waals surface area (Å²) in [7, 11) is 0. The maximum Gasteiger partial charge on any atom is 0.305 e. The van der Waals surface area contributed by atoms with Gasteiger partial charge in [0.25, 0.3) is 0 Å². The number of aliphatic imine (C=N–C) groups is 1. The van der Waals surface area contributed by atoms with Gasteiger partial charge in [0.2, 0.25) is 0 Å². The number of hydrogen-bond acceptors (Lipinski definition) is 3. The molecule has 2 N–H and O–H groups in total. The molecule has 0 unspecified atom stereocenters. The highest BCUT2D eigenvalue weighted by atomic mass is 127. The van der Waals surface area contributed by atoms with Gasteiger partial charge in [-0.3, -0.25) is 9.79 Å². The minimum atomic E-state index is -0.164. The Kier molecular flexibility index (Phi) is 13.7. The maximum absolute atomic E-state index is 11.3. The molecule has 0 aliphatic carbocycles. The van der Waals surface area contributed by atoms with Crippen LogP contribution in [0.4, 0.5) is 0 Å². The lowest BCUT2D eigenvalue weighted by atomic mass is 10.1. The Morgan fingerprint density at radius 1 is 1.21 bits per heavy atom. The molecule has 0 spiro atoms. The molecule has 0 heterocycles. The number of halogens is 2. The van der Waals surface area contributed by atoms with E-state index in [1.165, 1.54) is 5.56 Å².